The van der Waals surface area contributed by atoms with Crippen molar-refractivity contribution in [2.45, 2.75) is 38.1 Å². The highest BCUT2D eigenvalue weighted by molar-refractivity contribution is 5.85. The first-order chi connectivity index (χ1) is 5.68. The second kappa shape index (κ2) is 9.55. The van der Waals surface area contributed by atoms with Gasteiger partial charge in [0.05, 0.1) is 0 Å². The molecule has 0 amide bonds. The highest BCUT2D eigenvalue weighted by Crippen LogP contribution is 2.04. The Hall–Kier alpha value is -0.540. The Kier molecular flexibility index (Phi) is 11.0. The van der Waals surface area contributed by atoms with E-state index < -0.39 is 12.0 Å². The summed E-state index contributed by atoms with van der Waals surface area (Å²) in [6.07, 6.45) is 6.45. The van der Waals surface area contributed by atoms with Gasteiger partial charge in [0, 0.05) is 0 Å². The van der Waals surface area contributed by atoms with Crippen molar-refractivity contribution >= 4 is 18.4 Å². The van der Waals surface area contributed by atoms with Crippen LogP contribution in [0.25, 0.3) is 0 Å². The fourth-order valence-corrected chi connectivity index (χ4v) is 0.953. The van der Waals surface area contributed by atoms with Crippen LogP contribution >= 0.6 is 12.4 Å². The highest BCUT2D eigenvalue weighted by Gasteiger charge is 2.09. The van der Waals surface area contributed by atoms with E-state index in [9.17, 15) is 4.79 Å². The second-order valence-corrected chi connectivity index (χ2v) is 2.87. The van der Waals surface area contributed by atoms with Crippen LogP contribution in [0.2, 0.25) is 0 Å². The maximum atomic E-state index is 10.3. The molecule has 0 saturated carbocycles. The topological polar surface area (TPSA) is 63.3 Å². The molecule has 78 valence electrons. The number of aliphatic carboxylic acids is 1. The minimum absolute atomic E-state index is 0. The molecule has 3 nitrogen and oxygen atoms in total. The van der Waals surface area contributed by atoms with Gasteiger partial charge >= 0.3 is 5.97 Å². The minimum Gasteiger partial charge on any atom is -0.480 e. The number of carboxylic acids is 1. The van der Waals surface area contributed by atoms with Crippen LogP contribution in [0.4, 0.5) is 0 Å². The van der Waals surface area contributed by atoms with Gasteiger partial charge in [-0.1, -0.05) is 18.9 Å². The molecule has 0 aromatic carbocycles. The van der Waals surface area contributed by atoms with Gasteiger partial charge in [-0.25, -0.2) is 0 Å². The third kappa shape index (κ3) is 9.37. The Labute approximate surface area is 85.4 Å². The first-order valence-corrected chi connectivity index (χ1v) is 4.27. The largest absolute Gasteiger partial charge is 0.480 e. The number of nitrogens with two attached hydrogens (primary N) is 1. The van der Waals surface area contributed by atoms with Gasteiger partial charge in [0.2, 0.25) is 0 Å². The van der Waals surface area contributed by atoms with E-state index >= 15 is 0 Å². The third-order valence-electron chi connectivity index (χ3n) is 1.74. The number of unbranched alkanes of at least 4 members (excludes halogenated alkanes) is 3. The molecule has 0 spiro atoms. The van der Waals surface area contributed by atoms with E-state index in [1.807, 2.05) is 6.08 Å². The normalized spacial score (nSPS) is 11.5. The zero-order valence-corrected chi connectivity index (χ0v) is 8.55. The highest BCUT2D eigenvalue weighted by atomic mass is 35.5. The molecule has 0 aliphatic heterocycles. The summed E-state index contributed by atoms with van der Waals surface area (Å²) < 4.78 is 0. The monoisotopic (exact) mass is 207 g/mol. The molecule has 0 aromatic heterocycles. The molecule has 0 aliphatic carbocycles. The average molecular weight is 208 g/mol. The fourth-order valence-electron chi connectivity index (χ4n) is 0.953. The van der Waals surface area contributed by atoms with E-state index in [-0.39, 0.29) is 12.4 Å². The Morgan fingerprint density at radius 1 is 1.46 bits per heavy atom. The summed E-state index contributed by atoms with van der Waals surface area (Å²) in [5, 5.41) is 8.44. The number of carboxylic acid groups (broad SMARTS) is 1. The van der Waals surface area contributed by atoms with Crippen molar-refractivity contribution < 1.29 is 9.90 Å². The van der Waals surface area contributed by atoms with Crippen molar-refractivity contribution in [3.05, 3.63) is 12.7 Å². The van der Waals surface area contributed by atoms with Crippen molar-refractivity contribution in [3.63, 3.8) is 0 Å². The van der Waals surface area contributed by atoms with E-state index in [2.05, 4.69) is 6.58 Å². The van der Waals surface area contributed by atoms with Gasteiger partial charge in [0.1, 0.15) is 6.04 Å². The maximum absolute atomic E-state index is 10.3. The number of rotatable bonds is 7. The van der Waals surface area contributed by atoms with E-state index in [1.165, 1.54) is 0 Å². The molecule has 0 aromatic rings. The lowest BCUT2D eigenvalue weighted by atomic mass is 10.1. The van der Waals surface area contributed by atoms with E-state index in [0.29, 0.717) is 6.42 Å². The van der Waals surface area contributed by atoms with Crippen LogP contribution in [0.1, 0.15) is 32.1 Å². The first kappa shape index (κ1) is 15.0. The molecule has 13 heavy (non-hydrogen) atoms. The first-order valence-electron chi connectivity index (χ1n) is 4.27. The molecule has 4 heteroatoms. The third-order valence-corrected chi connectivity index (χ3v) is 1.74. The molecule has 3 N–H and O–H groups in total. The lowest BCUT2D eigenvalue weighted by molar-refractivity contribution is -0.138. The lowest BCUT2D eigenvalue weighted by Crippen LogP contribution is -2.29. The minimum atomic E-state index is -0.904. The summed E-state index contributed by atoms with van der Waals surface area (Å²) in [7, 11) is 0. The van der Waals surface area contributed by atoms with Crippen LogP contribution in [0.3, 0.4) is 0 Å². The molecular weight excluding hydrogens is 190 g/mol. The van der Waals surface area contributed by atoms with Gasteiger partial charge in [-0.15, -0.1) is 19.0 Å². The van der Waals surface area contributed by atoms with Crippen molar-refractivity contribution in [3.8, 4) is 0 Å². The zero-order chi connectivity index (χ0) is 9.40. The predicted molar refractivity (Wildman–Crippen MR) is 56.1 cm³/mol. The van der Waals surface area contributed by atoms with Crippen molar-refractivity contribution in [1.29, 1.82) is 0 Å². The number of hydrogen-bond donors (Lipinski definition) is 2. The van der Waals surface area contributed by atoms with Gasteiger partial charge in [-0.2, -0.15) is 0 Å². The standard InChI is InChI=1S/C9H17NO2.ClH/c1-2-3-4-5-6-7-8(10)9(11)12;/h2,8H,1,3-7,10H2,(H,11,12);1H/t8-;/m0./s1. The smallest absolute Gasteiger partial charge is 0.320 e. The molecule has 0 radical (unpaired) electrons. The van der Waals surface area contributed by atoms with Gasteiger partial charge < -0.3 is 10.8 Å². The summed E-state index contributed by atoms with van der Waals surface area (Å²) in [6.45, 7) is 3.60. The Morgan fingerprint density at radius 2 is 2.08 bits per heavy atom. The van der Waals surface area contributed by atoms with Crippen molar-refractivity contribution in [2.75, 3.05) is 0 Å². The fraction of sp³-hybridized carbons (Fsp3) is 0.667. The second-order valence-electron chi connectivity index (χ2n) is 2.87. The van der Waals surface area contributed by atoms with Crippen LogP contribution in [-0.2, 0) is 4.79 Å². The molecule has 0 bridgehead atoms. The van der Waals surface area contributed by atoms with Crippen LogP contribution in [-0.4, -0.2) is 17.1 Å². The van der Waals surface area contributed by atoms with Gasteiger partial charge in [0.25, 0.3) is 0 Å². The summed E-state index contributed by atoms with van der Waals surface area (Å²) in [5.41, 5.74) is 5.31. The molecule has 0 rings (SSSR count). The van der Waals surface area contributed by atoms with Crippen molar-refractivity contribution in [2.24, 2.45) is 5.73 Å². The van der Waals surface area contributed by atoms with Crippen molar-refractivity contribution in [1.82, 2.24) is 0 Å². The SMILES string of the molecule is C=CCCCCC[C@H](N)C(=O)O.Cl. The van der Waals surface area contributed by atoms with Crippen LogP contribution in [0, 0.1) is 0 Å². The molecule has 0 saturated heterocycles. The number of halogens is 1. The Balaban J connectivity index is 0. The maximum Gasteiger partial charge on any atom is 0.320 e. The molecule has 0 heterocycles. The Bertz CT molecular complexity index is 151. The molecule has 1 atom stereocenters. The molecule has 0 unspecified atom stereocenters. The van der Waals surface area contributed by atoms with E-state index in [1.54, 1.807) is 0 Å². The zero-order valence-electron chi connectivity index (χ0n) is 7.74. The number of allylic oxidation sites excluding steroid dienone is 1. The summed E-state index contributed by atoms with van der Waals surface area (Å²) in [6, 6.07) is -0.686. The number of hydrogen-bond acceptors (Lipinski definition) is 2. The van der Waals surface area contributed by atoms with E-state index in [4.69, 9.17) is 10.8 Å². The summed E-state index contributed by atoms with van der Waals surface area (Å²) in [4.78, 5) is 10.3. The van der Waals surface area contributed by atoms with Gasteiger partial charge in [-0.05, 0) is 19.3 Å². The summed E-state index contributed by atoms with van der Waals surface area (Å²) >= 11 is 0. The summed E-state index contributed by atoms with van der Waals surface area (Å²) in [5.74, 6) is -0.904. The Morgan fingerprint density at radius 3 is 2.54 bits per heavy atom. The average Bonchev–Trinajstić information content (AvgIpc) is 2.03. The quantitative estimate of drug-likeness (QED) is 0.496. The van der Waals surface area contributed by atoms with Crippen LogP contribution < -0.4 is 5.73 Å². The van der Waals surface area contributed by atoms with Crippen LogP contribution in [0.15, 0.2) is 12.7 Å². The number of carbonyl (C=O) groups is 1. The predicted octanol–water partition coefficient (Wildman–Crippen LogP) is 1.96. The molecule has 0 aliphatic rings. The lowest BCUT2D eigenvalue weighted by Gasteiger charge is -2.04. The van der Waals surface area contributed by atoms with E-state index in [0.717, 1.165) is 25.7 Å². The molecule has 0 fully saturated rings. The van der Waals surface area contributed by atoms with Crippen LogP contribution in [0.5, 0.6) is 0 Å². The molecular formula is C9H18ClNO2. The van der Waals surface area contributed by atoms with Gasteiger partial charge in [0.15, 0.2) is 0 Å². The van der Waals surface area contributed by atoms with Gasteiger partial charge in [-0.3, -0.25) is 4.79 Å².